The second kappa shape index (κ2) is 9.32. The van der Waals surface area contributed by atoms with Crippen molar-refractivity contribution in [1.29, 1.82) is 0 Å². The molecule has 0 radical (unpaired) electrons. The molecule has 6 heteroatoms. The summed E-state index contributed by atoms with van der Waals surface area (Å²) in [6.45, 7) is -0.183. The summed E-state index contributed by atoms with van der Waals surface area (Å²) in [6.07, 6.45) is 0.127. The lowest BCUT2D eigenvalue weighted by molar-refractivity contribution is -0.118. The Hall–Kier alpha value is -3.67. The van der Waals surface area contributed by atoms with Crippen molar-refractivity contribution in [3.8, 4) is 5.75 Å². The fourth-order valence-corrected chi connectivity index (χ4v) is 2.54. The van der Waals surface area contributed by atoms with Crippen LogP contribution in [0.4, 0.5) is 15.8 Å². The molecule has 0 bridgehead atoms. The summed E-state index contributed by atoms with van der Waals surface area (Å²) in [5.74, 6) is -0.747. The second-order valence-electron chi connectivity index (χ2n) is 6.06. The minimum Gasteiger partial charge on any atom is -0.484 e. The van der Waals surface area contributed by atoms with Gasteiger partial charge >= 0.3 is 0 Å². The molecule has 142 valence electrons. The van der Waals surface area contributed by atoms with Crippen LogP contribution in [0.1, 0.15) is 5.56 Å². The lowest BCUT2D eigenvalue weighted by atomic mass is 10.1. The third-order valence-electron chi connectivity index (χ3n) is 3.84. The number of ether oxygens (including phenoxy) is 1. The lowest BCUT2D eigenvalue weighted by Gasteiger charge is -2.11. The van der Waals surface area contributed by atoms with Crippen molar-refractivity contribution in [2.45, 2.75) is 6.42 Å². The van der Waals surface area contributed by atoms with Crippen molar-refractivity contribution in [2.24, 2.45) is 0 Å². The topological polar surface area (TPSA) is 67.4 Å². The molecule has 0 aliphatic rings. The Morgan fingerprint density at radius 1 is 0.821 bits per heavy atom. The molecule has 0 atom stereocenters. The number of rotatable bonds is 7. The number of benzene rings is 3. The van der Waals surface area contributed by atoms with Gasteiger partial charge in [0.15, 0.2) is 6.61 Å². The van der Waals surface area contributed by atoms with E-state index in [-0.39, 0.29) is 24.6 Å². The molecule has 0 saturated carbocycles. The van der Waals surface area contributed by atoms with Crippen molar-refractivity contribution in [2.75, 3.05) is 17.2 Å². The quantitative estimate of drug-likeness (QED) is 0.652. The Bertz CT molecular complexity index is 947. The molecule has 0 unspecified atom stereocenters. The number of anilines is 2. The summed E-state index contributed by atoms with van der Waals surface area (Å²) in [6, 6.07) is 22.1. The van der Waals surface area contributed by atoms with E-state index in [1.54, 1.807) is 24.3 Å². The molecule has 2 N–H and O–H groups in total. The van der Waals surface area contributed by atoms with Gasteiger partial charge in [0.1, 0.15) is 11.6 Å². The van der Waals surface area contributed by atoms with Gasteiger partial charge in [-0.25, -0.2) is 4.39 Å². The molecule has 0 aliphatic carbocycles. The zero-order valence-electron chi connectivity index (χ0n) is 15.0. The average molecular weight is 378 g/mol. The van der Waals surface area contributed by atoms with Crippen molar-refractivity contribution in [3.05, 3.63) is 90.2 Å². The SMILES string of the molecule is O=C(COc1ccccc1)Nc1ccc(F)c(NC(=O)Cc2ccccc2)c1. The third-order valence-corrected chi connectivity index (χ3v) is 3.84. The van der Waals surface area contributed by atoms with E-state index in [4.69, 9.17) is 4.74 Å². The number of carbonyl (C=O) groups is 2. The molecule has 2 amide bonds. The Labute approximate surface area is 162 Å². The number of halogens is 1. The number of nitrogens with one attached hydrogen (secondary N) is 2. The van der Waals surface area contributed by atoms with Gasteiger partial charge in [-0.3, -0.25) is 9.59 Å². The number of para-hydroxylation sites is 1. The highest BCUT2D eigenvalue weighted by atomic mass is 19.1. The fraction of sp³-hybridized carbons (Fsp3) is 0.0909. The van der Waals surface area contributed by atoms with E-state index >= 15 is 0 Å². The molecule has 0 heterocycles. The zero-order valence-corrected chi connectivity index (χ0v) is 15.0. The summed E-state index contributed by atoms with van der Waals surface area (Å²) in [5.41, 5.74) is 1.18. The Morgan fingerprint density at radius 2 is 1.50 bits per heavy atom. The predicted octanol–water partition coefficient (Wildman–Crippen LogP) is 4.02. The first-order chi connectivity index (χ1) is 13.6. The van der Waals surface area contributed by atoms with Gasteiger partial charge in [0.25, 0.3) is 5.91 Å². The normalized spacial score (nSPS) is 10.2. The van der Waals surface area contributed by atoms with Crippen molar-refractivity contribution >= 4 is 23.2 Å². The highest BCUT2D eigenvalue weighted by Gasteiger charge is 2.11. The summed E-state index contributed by atoms with van der Waals surface area (Å²) < 4.78 is 19.4. The van der Waals surface area contributed by atoms with Crippen molar-refractivity contribution < 1.29 is 18.7 Å². The van der Waals surface area contributed by atoms with Crippen molar-refractivity contribution in [3.63, 3.8) is 0 Å². The molecule has 28 heavy (non-hydrogen) atoms. The average Bonchev–Trinajstić information content (AvgIpc) is 2.70. The maximum absolute atomic E-state index is 14.0. The zero-order chi connectivity index (χ0) is 19.8. The van der Waals surface area contributed by atoms with E-state index in [0.717, 1.165) is 5.56 Å². The van der Waals surface area contributed by atoms with Gasteiger partial charge in [-0.1, -0.05) is 48.5 Å². The second-order valence-corrected chi connectivity index (χ2v) is 6.06. The summed E-state index contributed by atoms with van der Waals surface area (Å²) in [7, 11) is 0. The molecule has 3 aromatic rings. The first-order valence-corrected chi connectivity index (χ1v) is 8.71. The highest BCUT2D eigenvalue weighted by Crippen LogP contribution is 2.20. The summed E-state index contributed by atoms with van der Waals surface area (Å²) >= 11 is 0. The third kappa shape index (κ3) is 5.67. The largest absolute Gasteiger partial charge is 0.484 e. The maximum atomic E-state index is 14.0. The van der Waals surface area contributed by atoms with E-state index in [2.05, 4.69) is 10.6 Å². The van der Waals surface area contributed by atoms with Gasteiger partial charge in [-0.05, 0) is 35.9 Å². The van der Waals surface area contributed by atoms with Gasteiger partial charge in [-0.15, -0.1) is 0 Å². The number of hydrogen-bond donors (Lipinski definition) is 2. The molecule has 3 aromatic carbocycles. The van der Waals surface area contributed by atoms with Crippen LogP contribution in [-0.4, -0.2) is 18.4 Å². The molecule has 0 aliphatic heterocycles. The minimum absolute atomic E-state index is 0.00251. The van der Waals surface area contributed by atoms with Crippen LogP contribution in [0, 0.1) is 5.82 Å². The first-order valence-electron chi connectivity index (χ1n) is 8.71. The highest BCUT2D eigenvalue weighted by molar-refractivity contribution is 5.95. The predicted molar refractivity (Wildman–Crippen MR) is 106 cm³/mol. The van der Waals surface area contributed by atoms with Gasteiger partial charge < -0.3 is 15.4 Å². The standard InChI is InChI=1S/C22H19FN2O3/c23-19-12-11-17(24-22(27)15-28-18-9-5-2-6-10-18)14-20(19)25-21(26)13-16-7-3-1-4-8-16/h1-12,14H,13,15H2,(H,24,27)(H,25,26). The van der Waals surface area contributed by atoms with Gasteiger partial charge in [-0.2, -0.15) is 0 Å². The molecule has 0 spiro atoms. The van der Waals surface area contributed by atoms with E-state index in [0.29, 0.717) is 11.4 Å². The molecule has 0 aromatic heterocycles. The Balaban J connectivity index is 1.57. The smallest absolute Gasteiger partial charge is 0.262 e. The van der Waals surface area contributed by atoms with Crippen LogP contribution in [0.2, 0.25) is 0 Å². The number of carbonyl (C=O) groups excluding carboxylic acids is 2. The lowest BCUT2D eigenvalue weighted by Crippen LogP contribution is -2.20. The fourth-order valence-electron chi connectivity index (χ4n) is 2.54. The number of hydrogen-bond acceptors (Lipinski definition) is 3. The minimum atomic E-state index is -0.583. The summed E-state index contributed by atoms with van der Waals surface area (Å²) in [5, 5.41) is 5.15. The van der Waals surface area contributed by atoms with E-state index in [9.17, 15) is 14.0 Å². The Kier molecular flexibility index (Phi) is 6.36. The molecule has 5 nitrogen and oxygen atoms in total. The van der Waals surface area contributed by atoms with Crippen LogP contribution in [0.25, 0.3) is 0 Å². The molecular formula is C22H19FN2O3. The van der Waals surface area contributed by atoms with Crippen molar-refractivity contribution in [1.82, 2.24) is 0 Å². The maximum Gasteiger partial charge on any atom is 0.262 e. The van der Waals surface area contributed by atoms with E-state index in [1.807, 2.05) is 36.4 Å². The molecule has 3 rings (SSSR count). The van der Waals surface area contributed by atoms with E-state index < -0.39 is 11.7 Å². The Morgan fingerprint density at radius 3 is 2.21 bits per heavy atom. The van der Waals surface area contributed by atoms with Gasteiger partial charge in [0.05, 0.1) is 12.1 Å². The van der Waals surface area contributed by atoms with Crippen LogP contribution in [0.5, 0.6) is 5.75 Å². The van der Waals surface area contributed by atoms with E-state index in [1.165, 1.54) is 18.2 Å². The van der Waals surface area contributed by atoms with Crippen LogP contribution in [0.3, 0.4) is 0 Å². The molecular weight excluding hydrogens is 359 g/mol. The monoisotopic (exact) mass is 378 g/mol. The first kappa shape index (κ1) is 19.1. The van der Waals surface area contributed by atoms with Crippen LogP contribution >= 0.6 is 0 Å². The van der Waals surface area contributed by atoms with Crippen LogP contribution < -0.4 is 15.4 Å². The van der Waals surface area contributed by atoms with Crippen LogP contribution in [-0.2, 0) is 16.0 Å². The van der Waals surface area contributed by atoms with Gasteiger partial charge in [0.2, 0.25) is 5.91 Å². The van der Waals surface area contributed by atoms with Gasteiger partial charge in [0, 0.05) is 5.69 Å². The molecule has 0 fully saturated rings. The number of amides is 2. The summed E-state index contributed by atoms with van der Waals surface area (Å²) in [4.78, 5) is 24.2. The molecule has 0 saturated heterocycles. The van der Waals surface area contributed by atoms with Crippen LogP contribution in [0.15, 0.2) is 78.9 Å².